The summed E-state index contributed by atoms with van der Waals surface area (Å²) in [5.74, 6) is -0.347. The van der Waals surface area contributed by atoms with Crippen molar-refractivity contribution in [1.82, 2.24) is 31.5 Å². The highest BCUT2D eigenvalue weighted by atomic mass is 16.5. The van der Waals surface area contributed by atoms with Crippen LogP contribution in [0.25, 0.3) is 0 Å². The largest absolute Gasteiger partial charge is 0.447 e. The minimum absolute atomic E-state index is 0.0490. The van der Waals surface area contributed by atoms with Crippen molar-refractivity contribution in [3.05, 3.63) is 12.7 Å². The molecule has 0 aromatic carbocycles. The number of nitrogens with one attached hydrogen (secondary N) is 5. The van der Waals surface area contributed by atoms with Gasteiger partial charge in [-0.2, -0.15) is 0 Å². The molecule has 3 aliphatic rings. The molecule has 6 atom stereocenters. The van der Waals surface area contributed by atoms with E-state index in [4.69, 9.17) is 11.2 Å². The van der Waals surface area contributed by atoms with Crippen LogP contribution in [0.15, 0.2) is 12.7 Å². The molecule has 0 radical (unpaired) electrons. The number of fused-ring (bicyclic) bond motifs is 1. The number of nitrogens with zero attached hydrogens (tertiary/aromatic N) is 1. The first kappa shape index (κ1) is 41.3. The number of carbonyl (C=O) groups excluding carboxylic acids is 6. The fourth-order valence-electron chi connectivity index (χ4n) is 7.92. The molecule has 1 aliphatic heterocycles. The Kier molecular flexibility index (Phi) is 14.9. The van der Waals surface area contributed by atoms with E-state index in [0.29, 0.717) is 13.1 Å². The van der Waals surface area contributed by atoms with Crippen LogP contribution in [0.3, 0.4) is 0 Å². The van der Waals surface area contributed by atoms with Crippen LogP contribution in [0.4, 0.5) is 9.59 Å². The minimum Gasteiger partial charge on any atom is -0.447 e. The van der Waals surface area contributed by atoms with Gasteiger partial charge < -0.3 is 36.2 Å². The maximum atomic E-state index is 14.8. The average molecular weight is 713 g/mol. The Labute approximate surface area is 303 Å². The molecule has 1 heterocycles. The molecule has 1 saturated heterocycles. The fraction of sp³-hybridized carbons (Fsp3) is 0.737. The van der Waals surface area contributed by atoms with Gasteiger partial charge in [0.05, 0.1) is 12.1 Å². The van der Waals surface area contributed by atoms with Crippen LogP contribution >= 0.6 is 0 Å². The lowest BCUT2D eigenvalue weighted by Gasteiger charge is -2.38. The van der Waals surface area contributed by atoms with Gasteiger partial charge in [0.15, 0.2) is 0 Å². The van der Waals surface area contributed by atoms with Crippen molar-refractivity contribution in [3.63, 3.8) is 0 Å². The average Bonchev–Trinajstić information content (AvgIpc) is 3.62. The van der Waals surface area contributed by atoms with E-state index < -0.39 is 59.3 Å². The molecule has 2 aliphatic carbocycles. The normalized spacial score (nSPS) is 23.0. The number of likely N-dealkylation sites (tertiary alicyclic amines) is 1. The molecular weight excluding hydrogens is 652 g/mol. The summed E-state index contributed by atoms with van der Waals surface area (Å²) in [5.41, 5.74) is -0.762. The van der Waals surface area contributed by atoms with Gasteiger partial charge in [0.25, 0.3) is 5.91 Å². The molecule has 51 heavy (non-hydrogen) atoms. The van der Waals surface area contributed by atoms with Gasteiger partial charge in [0, 0.05) is 26.1 Å². The van der Waals surface area contributed by atoms with Crippen molar-refractivity contribution in [2.45, 2.75) is 123 Å². The quantitative estimate of drug-likeness (QED) is 0.0983. The lowest BCUT2D eigenvalue weighted by molar-refractivity contribution is -0.145. The summed E-state index contributed by atoms with van der Waals surface area (Å²) in [4.78, 5) is 82.3. The van der Waals surface area contributed by atoms with E-state index in [1.165, 1.54) is 6.08 Å². The lowest BCUT2D eigenvalue weighted by Crippen LogP contribution is -2.61. The molecule has 0 aromatic rings. The third-order valence-corrected chi connectivity index (χ3v) is 10.8. The summed E-state index contributed by atoms with van der Waals surface area (Å²) in [7, 11) is 0. The Morgan fingerprint density at radius 1 is 1.02 bits per heavy atom. The number of rotatable bonds is 15. The van der Waals surface area contributed by atoms with Gasteiger partial charge in [-0.3, -0.25) is 19.2 Å². The molecule has 0 aromatic heterocycles. The summed E-state index contributed by atoms with van der Waals surface area (Å²) >= 11 is 0. The molecule has 13 nitrogen and oxygen atoms in total. The molecule has 5 unspecified atom stereocenters. The summed E-state index contributed by atoms with van der Waals surface area (Å²) < 4.78 is 5.35. The standard InChI is InChI=1S/C38H60N6O7/c1-9-12-18-26(31(45)33(47)40-21-10-2)41-32(46)30-28-25(19-20-38(28,7)8)22-44(30)34(48)29(24-16-14-13-15-17-24)43-35(49)42-27(37(4,5)6)23-51-36(50)39-11-3/h1,10,24-30H,2,11-23H2,3-8H3,(H,39,50)(H,40,47)(H,41,46)(H2,42,43,49)/t25?,26?,27?,28-,29?,30?/m0/s1. The molecule has 2 saturated carbocycles. The van der Waals surface area contributed by atoms with E-state index in [1.54, 1.807) is 11.8 Å². The molecule has 0 bridgehead atoms. The Morgan fingerprint density at radius 3 is 2.31 bits per heavy atom. The van der Waals surface area contributed by atoms with Gasteiger partial charge in [-0.25, -0.2) is 9.59 Å². The first-order chi connectivity index (χ1) is 24.0. The molecule has 13 heteroatoms. The number of urea groups is 1. The zero-order valence-electron chi connectivity index (χ0n) is 31.4. The first-order valence-electron chi connectivity index (χ1n) is 18.5. The summed E-state index contributed by atoms with van der Waals surface area (Å²) in [6.07, 6.45) is 12.6. The van der Waals surface area contributed by atoms with Crippen LogP contribution in [0.1, 0.15) is 99.3 Å². The molecular formula is C38H60N6O7. The molecule has 3 fully saturated rings. The number of amides is 6. The maximum Gasteiger partial charge on any atom is 0.407 e. The maximum absolute atomic E-state index is 14.8. The van der Waals surface area contributed by atoms with Crippen LogP contribution < -0.4 is 26.6 Å². The smallest absolute Gasteiger partial charge is 0.407 e. The number of ether oxygens (including phenoxy) is 1. The Bertz CT molecular complexity index is 1330. The second kappa shape index (κ2) is 18.4. The fourth-order valence-corrected chi connectivity index (χ4v) is 7.92. The van der Waals surface area contributed by atoms with Crippen LogP contribution in [0.5, 0.6) is 0 Å². The Morgan fingerprint density at radius 2 is 1.71 bits per heavy atom. The predicted octanol–water partition coefficient (Wildman–Crippen LogP) is 3.43. The van der Waals surface area contributed by atoms with Crippen molar-refractivity contribution in [2.75, 3.05) is 26.2 Å². The second-order valence-corrected chi connectivity index (χ2v) is 16.0. The van der Waals surface area contributed by atoms with Gasteiger partial charge in [0.1, 0.15) is 18.7 Å². The van der Waals surface area contributed by atoms with Crippen LogP contribution in [0.2, 0.25) is 0 Å². The van der Waals surface area contributed by atoms with Gasteiger partial charge in [-0.05, 0) is 67.6 Å². The highest BCUT2D eigenvalue weighted by molar-refractivity contribution is 6.38. The lowest BCUT2D eigenvalue weighted by atomic mass is 9.75. The number of alkyl carbamates (subject to hydrolysis) is 1. The molecule has 3 rings (SSSR count). The highest BCUT2D eigenvalue weighted by Crippen LogP contribution is 2.53. The minimum atomic E-state index is -1.17. The number of terminal acetylenes is 1. The van der Waals surface area contributed by atoms with E-state index in [1.807, 2.05) is 20.8 Å². The second-order valence-electron chi connectivity index (χ2n) is 16.0. The van der Waals surface area contributed by atoms with Crippen molar-refractivity contribution in [2.24, 2.45) is 28.6 Å². The Balaban J connectivity index is 1.91. The highest BCUT2D eigenvalue weighted by Gasteiger charge is 2.58. The Hall–Kier alpha value is -4.08. The molecule has 284 valence electrons. The van der Waals surface area contributed by atoms with Crippen molar-refractivity contribution < 1.29 is 33.5 Å². The van der Waals surface area contributed by atoms with Crippen LogP contribution in [0, 0.1) is 40.9 Å². The van der Waals surface area contributed by atoms with Gasteiger partial charge in [-0.15, -0.1) is 18.9 Å². The topological polar surface area (TPSA) is 175 Å². The van der Waals surface area contributed by atoms with Crippen molar-refractivity contribution in [1.29, 1.82) is 0 Å². The van der Waals surface area contributed by atoms with Crippen LogP contribution in [-0.4, -0.2) is 90.9 Å². The summed E-state index contributed by atoms with van der Waals surface area (Å²) in [6.45, 7) is 16.0. The molecule has 5 N–H and O–H groups in total. The number of carbonyl (C=O) groups is 6. The van der Waals surface area contributed by atoms with E-state index in [0.717, 1.165) is 44.9 Å². The number of Topliss-reactive ketones (excluding diaryl/α,β-unsaturated/α-hetero) is 1. The van der Waals surface area contributed by atoms with E-state index in [2.05, 4.69) is 52.9 Å². The molecule has 6 amide bonds. The van der Waals surface area contributed by atoms with Crippen molar-refractivity contribution >= 4 is 35.6 Å². The van der Waals surface area contributed by atoms with Gasteiger partial charge in [-0.1, -0.05) is 60.0 Å². The predicted molar refractivity (Wildman–Crippen MR) is 194 cm³/mol. The van der Waals surface area contributed by atoms with E-state index >= 15 is 0 Å². The third-order valence-electron chi connectivity index (χ3n) is 10.8. The number of hydrogen-bond acceptors (Lipinski definition) is 7. The summed E-state index contributed by atoms with van der Waals surface area (Å²) in [6, 6.07) is -4.12. The van der Waals surface area contributed by atoms with Crippen LogP contribution in [-0.2, 0) is 23.9 Å². The number of ketones is 1. The van der Waals surface area contributed by atoms with E-state index in [-0.39, 0.29) is 55.1 Å². The summed E-state index contributed by atoms with van der Waals surface area (Å²) in [5, 5.41) is 13.8. The zero-order valence-corrected chi connectivity index (χ0v) is 31.4. The van der Waals surface area contributed by atoms with E-state index in [9.17, 15) is 28.8 Å². The monoisotopic (exact) mass is 712 g/mol. The van der Waals surface area contributed by atoms with Crippen molar-refractivity contribution in [3.8, 4) is 12.3 Å². The first-order valence-corrected chi connectivity index (χ1v) is 18.5. The SMILES string of the molecule is C#CCCC(NC(=O)C1[C@@H]2C(CCC2(C)C)CN1C(=O)C(NC(=O)NC(COC(=O)NCC)C(C)(C)C)C1CCCCC1)C(=O)C(=O)NCC=C. The van der Waals surface area contributed by atoms with Gasteiger partial charge >= 0.3 is 12.1 Å². The van der Waals surface area contributed by atoms with Gasteiger partial charge in [0.2, 0.25) is 17.6 Å². The third kappa shape index (κ3) is 11.0. The zero-order chi connectivity index (χ0) is 37.9. The number of hydrogen-bond donors (Lipinski definition) is 5. The molecule has 0 spiro atoms.